The molecule has 7 nitrogen and oxygen atoms in total. The number of ether oxygens (including phenoxy) is 3. The minimum absolute atomic E-state index is 0.164. The predicted molar refractivity (Wildman–Crippen MR) is 90.5 cm³/mol. The molecule has 1 aliphatic heterocycles. The monoisotopic (exact) mass is 341 g/mol. The fraction of sp³-hybridized carbons (Fsp3) is 0.389. The van der Waals surface area contributed by atoms with Gasteiger partial charge in [-0.15, -0.1) is 0 Å². The van der Waals surface area contributed by atoms with E-state index in [0.29, 0.717) is 47.7 Å². The first-order valence-electron chi connectivity index (χ1n) is 8.10. The number of benzene rings is 1. The van der Waals surface area contributed by atoms with E-state index in [1.165, 1.54) is 0 Å². The fourth-order valence-electron chi connectivity index (χ4n) is 3.42. The summed E-state index contributed by atoms with van der Waals surface area (Å²) in [6.45, 7) is 1.66. The number of Topliss-reactive ketones (excluding diaryl/α,β-unsaturated/α-hetero) is 1. The molecule has 0 radical (unpaired) electrons. The standard InChI is InChI=1S/C18H19N3O4/c1-23-13-5-14(24-2)7-15(6-13)25-16-3-4-19-17(20-16)21-10-18(11-21)8-12(22)9-18/h3-7H,8-11H2,1-2H3. The van der Waals surface area contributed by atoms with Gasteiger partial charge in [-0.3, -0.25) is 4.79 Å². The van der Waals surface area contributed by atoms with Gasteiger partial charge in [-0.2, -0.15) is 4.98 Å². The molecule has 2 fully saturated rings. The van der Waals surface area contributed by atoms with Crippen molar-refractivity contribution in [3.05, 3.63) is 30.5 Å². The number of carbonyl (C=O) groups excluding carboxylic acids is 1. The molecule has 1 aromatic heterocycles. The Balaban J connectivity index is 1.48. The molecule has 1 aromatic carbocycles. The first-order valence-corrected chi connectivity index (χ1v) is 8.10. The quantitative estimate of drug-likeness (QED) is 0.827. The zero-order chi connectivity index (χ0) is 17.4. The average molecular weight is 341 g/mol. The predicted octanol–water partition coefficient (Wildman–Crippen LogP) is 2.46. The molecule has 1 aliphatic carbocycles. The van der Waals surface area contributed by atoms with Crippen molar-refractivity contribution in [1.82, 2.24) is 9.97 Å². The van der Waals surface area contributed by atoms with E-state index in [1.54, 1.807) is 44.7 Å². The van der Waals surface area contributed by atoms with E-state index in [-0.39, 0.29) is 5.41 Å². The maximum Gasteiger partial charge on any atom is 0.228 e. The van der Waals surface area contributed by atoms with Gasteiger partial charge in [0.1, 0.15) is 23.0 Å². The minimum Gasteiger partial charge on any atom is -0.496 e. The number of aromatic nitrogens is 2. The Hall–Kier alpha value is -2.83. The molecule has 1 saturated carbocycles. The second-order valence-electron chi connectivity index (χ2n) is 6.59. The lowest BCUT2D eigenvalue weighted by Crippen LogP contribution is -2.63. The van der Waals surface area contributed by atoms with Gasteiger partial charge in [-0.1, -0.05) is 0 Å². The van der Waals surface area contributed by atoms with Crippen molar-refractivity contribution in [2.75, 3.05) is 32.2 Å². The molecule has 0 N–H and O–H groups in total. The normalized spacial score (nSPS) is 17.7. The third-order valence-corrected chi connectivity index (χ3v) is 4.64. The Morgan fingerprint density at radius 3 is 2.28 bits per heavy atom. The van der Waals surface area contributed by atoms with E-state index in [4.69, 9.17) is 14.2 Å². The summed E-state index contributed by atoms with van der Waals surface area (Å²) in [7, 11) is 3.18. The van der Waals surface area contributed by atoms with Gasteiger partial charge in [0.25, 0.3) is 0 Å². The highest BCUT2D eigenvalue weighted by molar-refractivity contribution is 5.87. The van der Waals surface area contributed by atoms with Crippen LogP contribution in [-0.4, -0.2) is 43.1 Å². The summed E-state index contributed by atoms with van der Waals surface area (Å²) in [5.41, 5.74) is 0.164. The first-order chi connectivity index (χ1) is 12.1. The van der Waals surface area contributed by atoms with Crippen molar-refractivity contribution in [3.8, 4) is 23.1 Å². The Kier molecular flexibility index (Phi) is 3.71. The highest BCUT2D eigenvalue weighted by Crippen LogP contribution is 2.46. The number of hydrogen-bond acceptors (Lipinski definition) is 7. The number of ketones is 1. The summed E-state index contributed by atoms with van der Waals surface area (Å²) in [6, 6.07) is 7.02. The molecule has 2 heterocycles. The van der Waals surface area contributed by atoms with Crippen molar-refractivity contribution >= 4 is 11.7 Å². The Bertz CT molecular complexity index is 785. The van der Waals surface area contributed by atoms with Crippen molar-refractivity contribution in [2.24, 2.45) is 5.41 Å². The van der Waals surface area contributed by atoms with Crippen LogP contribution >= 0.6 is 0 Å². The van der Waals surface area contributed by atoms with Crippen LogP contribution in [-0.2, 0) is 4.79 Å². The number of nitrogens with zero attached hydrogens (tertiary/aromatic N) is 3. The van der Waals surface area contributed by atoms with Crippen molar-refractivity contribution in [1.29, 1.82) is 0 Å². The largest absolute Gasteiger partial charge is 0.496 e. The van der Waals surface area contributed by atoms with Crippen LogP contribution in [0.2, 0.25) is 0 Å². The summed E-state index contributed by atoms with van der Waals surface area (Å²) in [5, 5.41) is 0. The van der Waals surface area contributed by atoms with E-state index in [2.05, 4.69) is 14.9 Å². The van der Waals surface area contributed by atoms with Crippen molar-refractivity contribution in [3.63, 3.8) is 0 Å². The summed E-state index contributed by atoms with van der Waals surface area (Å²) in [4.78, 5) is 22.1. The van der Waals surface area contributed by atoms with Gasteiger partial charge in [0, 0.05) is 61.8 Å². The minimum atomic E-state index is 0.164. The molecular formula is C18H19N3O4. The highest BCUT2D eigenvalue weighted by Gasteiger charge is 2.52. The zero-order valence-electron chi connectivity index (χ0n) is 14.2. The van der Waals surface area contributed by atoms with Crippen LogP contribution in [0.15, 0.2) is 30.5 Å². The number of hydrogen-bond donors (Lipinski definition) is 0. The molecule has 0 atom stereocenters. The maximum atomic E-state index is 11.2. The van der Waals surface area contributed by atoms with Gasteiger partial charge < -0.3 is 19.1 Å². The second-order valence-corrected chi connectivity index (χ2v) is 6.59. The number of methoxy groups -OCH3 is 2. The lowest BCUT2D eigenvalue weighted by atomic mass is 9.63. The average Bonchev–Trinajstić information content (AvgIpc) is 2.56. The van der Waals surface area contributed by atoms with Crippen molar-refractivity contribution in [2.45, 2.75) is 12.8 Å². The molecule has 1 spiro atoms. The first kappa shape index (κ1) is 15.7. The number of carbonyl (C=O) groups is 1. The third kappa shape index (κ3) is 2.97. The Morgan fingerprint density at radius 1 is 1.04 bits per heavy atom. The molecule has 2 aromatic rings. The lowest BCUT2D eigenvalue weighted by molar-refractivity contribution is -0.134. The van der Waals surface area contributed by atoms with Gasteiger partial charge in [-0.25, -0.2) is 4.98 Å². The molecule has 0 amide bonds. The summed E-state index contributed by atoms with van der Waals surface area (Å²) in [5.74, 6) is 3.28. The van der Waals surface area contributed by atoms with Gasteiger partial charge in [-0.05, 0) is 0 Å². The SMILES string of the molecule is COc1cc(OC)cc(Oc2ccnc(N3CC4(CC(=O)C4)C3)n2)c1. The van der Waals surface area contributed by atoms with Crippen LogP contribution in [0.4, 0.5) is 5.95 Å². The van der Waals surface area contributed by atoms with E-state index in [9.17, 15) is 4.79 Å². The molecule has 25 heavy (non-hydrogen) atoms. The van der Waals surface area contributed by atoms with E-state index < -0.39 is 0 Å². The van der Waals surface area contributed by atoms with Crippen LogP contribution in [0, 0.1) is 5.41 Å². The summed E-state index contributed by atoms with van der Waals surface area (Å²) >= 11 is 0. The smallest absolute Gasteiger partial charge is 0.228 e. The molecular weight excluding hydrogens is 322 g/mol. The topological polar surface area (TPSA) is 73.8 Å². The number of rotatable bonds is 5. The Morgan fingerprint density at radius 2 is 1.68 bits per heavy atom. The molecule has 2 aliphatic rings. The van der Waals surface area contributed by atoms with Gasteiger partial charge >= 0.3 is 0 Å². The van der Waals surface area contributed by atoms with Crippen LogP contribution in [0.3, 0.4) is 0 Å². The highest BCUT2D eigenvalue weighted by atomic mass is 16.5. The molecule has 0 unspecified atom stereocenters. The molecule has 4 rings (SSSR count). The fourth-order valence-corrected chi connectivity index (χ4v) is 3.42. The van der Waals surface area contributed by atoms with Crippen molar-refractivity contribution < 1.29 is 19.0 Å². The summed E-state index contributed by atoms with van der Waals surface area (Å²) in [6.07, 6.45) is 3.04. The van der Waals surface area contributed by atoms with Crippen LogP contribution in [0.1, 0.15) is 12.8 Å². The third-order valence-electron chi connectivity index (χ3n) is 4.64. The lowest BCUT2D eigenvalue weighted by Gasteiger charge is -2.54. The second kappa shape index (κ2) is 5.91. The van der Waals surface area contributed by atoms with E-state index in [1.807, 2.05) is 0 Å². The molecule has 1 saturated heterocycles. The Labute approximate surface area is 145 Å². The molecule has 7 heteroatoms. The van der Waals surface area contributed by atoms with Crippen LogP contribution in [0.25, 0.3) is 0 Å². The number of anilines is 1. The van der Waals surface area contributed by atoms with Crippen LogP contribution in [0.5, 0.6) is 23.1 Å². The van der Waals surface area contributed by atoms with E-state index in [0.717, 1.165) is 13.1 Å². The van der Waals surface area contributed by atoms with Crippen LogP contribution < -0.4 is 19.1 Å². The van der Waals surface area contributed by atoms with Gasteiger partial charge in [0.15, 0.2) is 0 Å². The van der Waals surface area contributed by atoms with Gasteiger partial charge in [0.2, 0.25) is 11.8 Å². The molecule has 130 valence electrons. The maximum absolute atomic E-state index is 11.2. The van der Waals surface area contributed by atoms with Gasteiger partial charge in [0.05, 0.1) is 14.2 Å². The molecule has 0 bridgehead atoms. The zero-order valence-corrected chi connectivity index (χ0v) is 14.2. The van der Waals surface area contributed by atoms with E-state index >= 15 is 0 Å². The summed E-state index contributed by atoms with van der Waals surface area (Å²) < 4.78 is 16.3.